The van der Waals surface area contributed by atoms with Crippen LogP contribution in [0.15, 0.2) is 78.9 Å². The van der Waals surface area contributed by atoms with E-state index in [0.717, 1.165) is 40.9 Å². The first-order valence-corrected chi connectivity index (χ1v) is 12.6. The van der Waals surface area contributed by atoms with Gasteiger partial charge in [0.15, 0.2) is 0 Å². The topological polar surface area (TPSA) is 60.8 Å². The number of phenolic OH excluding ortho intramolecular Hbond substituents is 1. The van der Waals surface area contributed by atoms with Gasteiger partial charge in [0, 0.05) is 19.0 Å². The highest BCUT2D eigenvalue weighted by molar-refractivity contribution is 5.99. The van der Waals surface area contributed by atoms with Crippen LogP contribution in [-0.2, 0) is 4.79 Å². The third kappa shape index (κ3) is 6.01. The van der Waals surface area contributed by atoms with Crippen LogP contribution in [0.2, 0.25) is 0 Å². The molecule has 0 aliphatic carbocycles. The zero-order valence-electron chi connectivity index (χ0n) is 20.7. The fourth-order valence-electron chi connectivity index (χ4n) is 5.07. The fraction of sp³-hybridized carbons (Fsp3) is 0.323. The van der Waals surface area contributed by atoms with E-state index < -0.39 is 5.97 Å². The smallest absolute Gasteiger partial charge is 0.303 e. The van der Waals surface area contributed by atoms with Crippen molar-refractivity contribution >= 4 is 17.1 Å². The number of hydrogen-bond acceptors (Lipinski definition) is 3. The number of likely N-dealkylation sites (tertiary alicyclic amines) is 1. The van der Waals surface area contributed by atoms with E-state index in [-0.39, 0.29) is 12.2 Å². The number of hydrogen-bond donors (Lipinski definition) is 2. The van der Waals surface area contributed by atoms with Crippen molar-refractivity contribution in [3.05, 3.63) is 101 Å². The normalized spacial score (nSPS) is 17.7. The molecule has 4 heteroatoms. The van der Waals surface area contributed by atoms with Gasteiger partial charge < -0.3 is 15.1 Å². The van der Waals surface area contributed by atoms with Crippen molar-refractivity contribution in [2.45, 2.75) is 51.5 Å². The number of allylic oxidation sites excluding steroid dienone is 1. The number of rotatable bonds is 9. The summed E-state index contributed by atoms with van der Waals surface area (Å²) in [7, 11) is 0. The highest BCUT2D eigenvalue weighted by atomic mass is 16.4. The van der Waals surface area contributed by atoms with Crippen LogP contribution >= 0.6 is 0 Å². The van der Waals surface area contributed by atoms with Gasteiger partial charge in [-0.2, -0.15) is 0 Å². The van der Waals surface area contributed by atoms with Gasteiger partial charge in [0.2, 0.25) is 0 Å². The molecule has 0 radical (unpaired) electrons. The molecule has 35 heavy (non-hydrogen) atoms. The average molecular weight is 470 g/mol. The molecule has 1 saturated heterocycles. The quantitative estimate of drug-likeness (QED) is 0.338. The lowest BCUT2D eigenvalue weighted by molar-refractivity contribution is -0.136. The SMILES string of the molecule is CCC(C)N1CCC(c2ccc(/C(=C(/CCC(=O)O)c3ccccc3)c3ccc(O)cc3)cc2)C1. The molecule has 0 aromatic heterocycles. The number of carbonyl (C=O) groups is 1. The minimum atomic E-state index is -0.814. The lowest BCUT2D eigenvalue weighted by Crippen LogP contribution is -2.29. The summed E-state index contributed by atoms with van der Waals surface area (Å²) in [5.74, 6) is -0.0620. The number of phenols is 1. The first-order chi connectivity index (χ1) is 17.0. The van der Waals surface area contributed by atoms with Crippen molar-refractivity contribution < 1.29 is 15.0 Å². The largest absolute Gasteiger partial charge is 0.508 e. The summed E-state index contributed by atoms with van der Waals surface area (Å²) in [5, 5.41) is 19.3. The molecule has 182 valence electrons. The summed E-state index contributed by atoms with van der Waals surface area (Å²) in [5.41, 5.74) is 6.40. The molecular weight excluding hydrogens is 434 g/mol. The van der Waals surface area contributed by atoms with E-state index in [1.54, 1.807) is 12.1 Å². The van der Waals surface area contributed by atoms with Crippen molar-refractivity contribution in [2.75, 3.05) is 13.1 Å². The summed E-state index contributed by atoms with van der Waals surface area (Å²) in [6.07, 6.45) is 2.82. The van der Waals surface area contributed by atoms with Crippen LogP contribution < -0.4 is 0 Å². The lowest BCUT2D eigenvalue weighted by atomic mass is 9.86. The van der Waals surface area contributed by atoms with Crippen molar-refractivity contribution in [3.8, 4) is 5.75 Å². The summed E-state index contributed by atoms with van der Waals surface area (Å²) in [4.78, 5) is 14.1. The van der Waals surface area contributed by atoms with Gasteiger partial charge in [0.1, 0.15) is 5.75 Å². The van der Waals surface area contributed by atoms with Gasteiger partial charge in [-0.3, -0.25) is 4.79 Å². The number of carboxylic acids is 1. The van der Waals surface area contributed by atoms with Crippen molar-refractivity contribution in [3.63, 3.8) is 0 Å². The highest BCUT2D eigenvalue weighted by Gasteiger charge is 2.26. The van der Waals surface area contributed by atoms with Gasteiger partial charge in [0.05, 0.1) is 0 Å². The highest BCUT2D eigenvalue weighted by Crippen LogP contribution is 2.37. The Bertz CT molecular complexity index is 1150. The van der Waals surface area contributed by atoms with E-state index in [0.29, 0.717) is 18.4 Å². The molecule has 0 spiro atoms. The first-order valence-electron chi connectivity index (χ1n) is 12.6. The second-order valence-electron chi connectivity index (χ2n) is 9.52. The maximum absolute atomic E-state index is 11.5. The number of carboxylic acid groups (broad SMARTS) is 1. The fourth-order valence-corrected chi connectivity index (χ4v) is 5.07. The molecule has 3 aromatic rings. The lowest BCUT2D eigenvalue weighted by Gasteiger charge is -2.23. The van der Waals surface area contributed by atoms with Crippen LogP contribution in [-0.4, -0.2) is 40.2 Å². The third-order valence-electron chi connectivity index (χ3n) is 7.27. The molecule has 0 saturated carbocycles. The number of nitrogens with zero attached hydrogens (tertiary/aromatic N) is 1. The number of benzene rings is 3. The Morgan fingerprint density at radius 3 is 2.14 bits per heavy atom. The molecule has 0 bridgehead atoms. The van der Waals surface area contributed by atoms with Crippen LogP contribution in [0.4, 0.5) is 0 Å². The van der Waals surface area contributed by atoms with E-state index in [9.17, 15) is 15.0 Å². The van der Waals surface area contributed by atoms with Crippen LogP contribution in [0.25, 0.3) is 11.1 Å². The predicted octanol–water partition coefficient (Wildman–Crippen LogP) is 6.80. The molecule has 2 atom stereocenters. The summed E-state index contributed by atoms with van der Waals surface area (Å²) in [6, 6.07) is 26.6. The Morgan fingerprint density at radius 2 is 1.54 bits per heavy atom. The van der Waals surface area contributed by atoms with E-state index in [1.807, 2.05) is 42.5 Å². The van der Waals surface area contributed by atoms with Crippen molar-refractivity contribution in [1.82, 2.24) is 4.90 Å². The molecule has 1 heterocycles. The monoisotopic (exact) mass is 469 g/mol. The second-order valence-corrected chi connectivity index (χ2v) is 9.52. The third-order valence-corrected chi connectivity index (χ3v) is 7.27. The molecule has 2 N–H and O–H groups in total. The number of aliphatic carboxylic acids is 1. The molecule has 1 aliphatic rings. The van der Waals surface area contributed by atoms with E-state index >= 15 is 0 Å². The maximum atomic E-state index is 11.5. The van der Waals surface area contributed by atoms with Gasteiger partial charge in [-0.05, 0) is 84.2 Å². The first kappa shape index (κ1) is 24.7. The standard InChI is InChI=1S/C31H35NO3/c1-3-22(2)32-20-19-27(21-32)23-9-11-25(12-10-23)31(26-13-15-28(33)16-14-26)29(17-18-30(34)35)24-7-5-4-6-8-24/h4-16,22,27,33H,3,17-21H2,1-2H3,(H,34,35)/b31-29+. The van der Waals surface area contributed by atoms with Gasteiger partial charge in [-0.25, -0.2) is 0 Å². The predicted molar refractivity (Wildman–Crippen MR) is 142 cm³/mol. The number of aromatic hydroxyl groups is 1. The molecule has 0 amide bonds. The molecule has 4 nitrogen and oxygen atoms in total. The molecule has 4 rings (SSSR count). The zero-order valence-corrected chi connectivity index (χ0v) is 20.7. The molecule has 3 aromatic carbocycles. The Balaban J connectivity index is 1.75. The molecule has 1 aliphatic heterocycles. The summed E-state index contributed by atoms with van der Waals surface area (Å²) in [6.45, 7) is 6.80. The van der Waals surface area contributed by atoms with Crippen LogP contribution in [0, 0.1) is 0 Å². The maximum Gasteiger partial charge on any atom is 0.303 e. The van der Waals surface area contributed by atoms with Gasteiger partial charge in [-0.15, -0.1) is 0 Å². The van der Waals surface area contributed by atoms with E-state index in [1.165, 1.54) is 18.4 Å². The Morgan fingerprint density at radius 1 is 0.914 bits per heavy atom. The van der Waals surface area contributed by atoms with Gasteiger partial charge in [-0.1, -0.05) is 73.7 Å². The summed E-state index contributed by atoms with van der Waals surface area (Å²) >= 11 is 0. The van der Waals surface area contributed by atoms with Crippen LogP contribution in [0.1, 0.15) is 67.7 Å². The van der Waals surface area contributed by atoms with Crippen molar-refractivity contribution in [1.29, 1.82) is 0 Å². The second kappa shape index (κ2) is 11.4. The summed E-state index contributed by atoms with van der Waals surface area (Å²) < 4.78 is 0. The molecule has 1 fully saturated rings. The average Bonchev–Trinajstić information content (AvgIpc) is 3.38. The minimum absolute atomic E-state index is 0.0530. The molecular formula is C31H35NO3. The Hall–Kier alpha value is -3.37. The van der Waals surface area contributed by atoms with Crippen LogP contribution in [0.3, 0.4) is 0 Å². The minimum Gasteiger partial charge on any atom is -0.508 e. The van der Waals surface area contributed by atoms with Crippen molar-refractivity contribution in [2.24, 2.45) is 0 Å². The van der Waals surface area contributed by atoms with Crippen LogP contribution in [0.5, 0.6) is 5.75 Å². The van der Waals surface area contributed by atoms with E-state index in [4.69, 9.17) is 0 Å². The van der Waals surface area contributed by atoms with E-state index in [2.05, 4.69) is 43.0 Å². The Labute approximate surface area is 208 Å². The van der Waals surface area contributed by atoms with Gasteiger partial charge >= 0.3 is 5.97 Å². The Kier molecular flexibility index (Phi) is 8.04. The zero-order chi connectivity index (χ0) is 24.8. The van der Waals surface area contributed by atoms with Gasteiger partial charge in [0.25, 0.3) is 0 Å². The molecule has 2 unspecified atom stereocenters.